The molecule has 0 unspecified atom stereocenters. The van der Waals surface area contributed by atoms with Gasteiger partial charge in [-0.25, -0.2) is 0 Å². The second-order valence-electron chi connectivity index (χ2n) is 5.20. The van der Waals surface area contributed by atoms with Gasteiger partial charge in [0.1, 0.15) is 0 Å². The van der Waals surface area contributed by atoms with Crippen LogP contribution in [0.4, 0.5) is 11.4 Å². The fourth-order valence-corrected chi connectivity index (χ4v) is 3.68. The number of amides is 1. The molecule has 2 aromatic rings. The number of aromatic hydroxyl groups is 1. The molecule has 1 heterocycles. The number of carbonyl (C=O) groups excluding carboxylic acids is 1. The number of nitrogens with zero attached hydrogens (tertiary/aromatic N) is 2. The van der Waals surface area contributed by atoms with Gasteiger partial charge in [0.25, 0.3) is 11.6 Å². The van der Waals surface area contributed by atoms with Crippen LogP contribution in [0.15, 0.2) is 47.4 Å². The van der Waals surface area contributed by atoms with Crippen molar-refractivity contribution in [2.24, 2.45) is 0 Å². The van der Waals surface area contributed by atoms with Crippen molar-refractivity contribution in [3.8, 4) is 11.5 Å². The molecule has 1 aliphatic heterocycles. The number of methoxy groups -OCH3 is 1. The maximum absolute atomic E-state index is 12.7. The number of hydrogen-bond donors (Lipinski definition) is 1. The van der Waals surface area contributed by atoms with Gasteiger partial charge in [0.2, 0.25) is 0 Å². The van der Waals surface area contributed by atoms with Gasteiger partial charge >= 0.3 is 0 Å². The van der Waals surface area contributed by atoms with Crippen molar-refractivity contribution in [1.82, 2.24) is 0 Å². The van der Waals surface area contributed by atoms with Crippen LogP contribution in [0.25, 0.3) is 6.08 Å². The highest BCUT2D eigenvalue weighted by molar-refractivity contribution is 8.27. The zero-order valence-electron chi connectivity index (χ0n) is 13.4. The summed E-state index contributed by atoms with van der Waals surface area (Å²) < 4.78 is 5.31. The molecule has 1 saturated heterocycles. The van der Waals surface area contributed by atoms with Crippen molar-refractivity contribution in [3.05, 3.63) is 63.0 Å². The van der Waals surface area contributed by atoms with E-state index in [1.807, 2.05) is 6.07 Å². The Morgan fingerprint density at radius 3 is 2.62 bits per heavy atom. The summed E-state index contributed by atoms with van der Waals surface area (Å²) >= 11 is 6.33. The van der Waals surface area contributed by atoms with E-state index < -0.39 is 4.92 Å². The van der Waals surface area contributed by atoms with Crippen LogP contribution in [-0.2, 0) is 4.79 Å². The monoisotopic (exact) mass is 388 g/mol. The average Bonchev–Trinajstić information content (AvgIpc) is 2.90. The van der Waals surface area contributed by atoms with Crippen LogP contribution in [0.3, 0.4) is 0 Å². The minimum atomic E-state index is -0.603. The molecule has 7 nitrogen and oxygen atoms in total. The number of nitro benzene ring substituents is 1. The fourth-order valence-electron chi connectivity index (χ4n) is 2.39. The van der Waals surface area contributed by atoms with Gasteiger partial charge in [0.05, 0.1) is 28.7 Å². The van der Waals surface area contributed by atoms with E-state index >= 15 is 0 Å². The summed E-state index contributed by atoms with van der Waals surface area (Å²) in [6, 6.07) is 11.2. The molecule has 1 aliphatic rings. The highest BCUT2D eigenvalue weighted by Gasteiger charge is 2.33. The van der Waals surface area contributed by atoms with Crippen LogP contribution >= 0.6 is 24.0 Å². The molecule has 9 heteroatoms. The summed E-state index contributed by atoms with van der Waals surface area (Å²) in [7, 11) is 1.29. The highest BCUT2D eigenvalue weighted by atomic mass is 32.2. The quantitative estimate of drug-likeness (QED) is 0.369. The minimum Gasteiger partial charge on any atom is -0.504 e. The van der Waals surface area contributed by atoms with Crippen molar-refractivity contribution < 1.29 is 19.6 Å². The molecule has 2 aromatic carbocycles. The molecule has 0 saturated carbocycles. The molecule has 0 atom stereocenters. The summed E-state index contributed by atoms with van der Waals surface area (Å²) in [5.41, 5.74) is 0.466. The van der Waals surface area contributed by atoms with Gasteiger partial charge in [-0.1, -0.05) is 42.2 Å². The largest absolute Gasteiger partial charge is 0.504 e. The molecule has 0 aliphatic carbocycles. The van der Waals surface area contributed by atoms with E-state index in [9.17, 15) is 20.0 Å². The number of nitro groups is 1. The van der Waals surface area contributed by atoms with E-state index in [1.54, 1.807) is 24.3 Å². The Morgan fingerprint density at radius 1 is 1.31 bits per heavy atom. The van der Waals surface area contributed by atoms with Crippen molar-refractivity contribution in [2.75, 3.05) is 12.0 Å². The molecule has 26 heavy (non-hydrogen) atoms. The molecule has 0 radical (unpaired) electrons. The number of para-hydroxylation sites is 1. The molecule has 3 rings (SSSR count). The lowest BCUT2D eigenvalue weighted by Gasteiger charge is -2.13. The van der Waals surface area contributed by atoms with E-state index in [2.05, 4.69) is 0 Å². The highest BCUT2D eigenvalue weighted by Crippen LogP contribution is 2.40. The third kappa shape index (κ3) is 3.26. The van der Waals surface area contributed by atoms with Crippen molar-refractivity contribution >= 4 is 51.7 Å². The van der Waals surface area contributed by atoms with E-state index in [0.29, 0.717) is 10.0 Å². The topological polar surface area (TPSA) is 92.9 Å². The van der Waals surface area contributed by atoms with Crippen LogP contribution in [0.2, 0.25) is 0 Å². The molecule has 132 valence electrons. The van der Waals surface area contributed by atoms with Gasteiger partial charge in [0, 0.05) is 11.6 Å². The Kier molecular flexibility index (Phi) is 4.92. The molecular formula is C17H12N2O5S2. The first-order valence-electron chi connectivity index (χ1n) is 7.30. The van der Waals surface area contributed by atoms with Gasteiger partial charge < -0.3 is 9.84 Å². The standard InChI is InChI=1S/C17H12N2O5S2/c1-24-13-9-12(19(22)23)7-10(15(13)20)8-14-16(21)18(17(25)26-14)11-5-3-2-4-6-11/h2-9,20H,1H3/b14-8-. The number of thiocarbonyl (C=S) groups is 1. The molecule has 1 fully saturated rings. The second kappa shape index (κ2) is 7.14. The number of rotatable bonds is 4. The molecule has 0 aromatic heterocycles. The summed E-state index contributed by atoms with van der Waals surface area (Å²) in [4.78, 5) is 24.8. The SMILES string of the molecule is COc1cc([N+](=O)[O-])cc(/C=C2\SC(=S)N(c3ccccc3)C2=O)c1O. The van der Waals surface area contributed by atoms with Crippen LogP contribution in [0, 0.1) is 10.1 Å². The third-order valence-corrected chi connectivity index (χ3v) is 4.92. The number of benzene rings is 2. The van der Waals surface area contributed by atoms with Gasteiger partial charge in [-0.2, -0.15) is 0 Å². The first-order valence-corrected chi connectivity index (χ1v) is 8.53. The van der Waals surface area contributed by atoms with E-state index in [1.165, 1.54) is 24.2 Å². The van der Waals surface area contributed by atoms with Crippen LogP contribution in [0.5, 0.6) is 11.5 Å². The van der Waals surface area contributed by atoms with E-state index in [-0.39, 0.29) is 33.6 Å². The van der Waals surface area contributed by atoms with Crippen LogP contribution in [-0.4, -0.2) is 27.4 Å². The second-order valence-corrected chi connectivity index (χ2v) is 6.87. The Hall–Kier alpha value is -2.91. The number of carbonyl (C=O) groups is 1. The maximum atomic E-state index is 12.7. The predicted molar refractivity (Wildman–Crippen MR) is 103 cm³/mol. The van der Waals surface area contributed by atoms with Crippen LogP contribution in [0.1, 0.15) is 5.56 Å². The summed E-state index contributed by atoms with van der Waals surface area (Å²) in [6.45, 7) is 0. The number of phenolic OH excluding ortho intramolecular Hbond substituents is 1. The van der Waals surface area contributed by atoms with E-state index in [0.717, 1.165) is 17.8 Å². The zero-order valence-corrected chi connectivity index (χ0v) is 15.0. The summed E-state index contributed by atoms with van der Waals surface area (Å²) in [6.07, 6.45) is 1.37. The summed E-state index contributed by atoms with van der Waals surface area (Å²) in [5, 5.41) is 21.3. The molecule has 1 amide bonds. The molecule has 0 spiro atoms. The lowest BCUT2D eigenvalue weighted by Crippen LogP contribution is -2.27. The smallest absolute Gasteiger partial charge is 0.274 e. The van der Waals surface area contributed by atoms with E-state index in [4.69, 9.17) is 17.0 Å². The van der Waals surface area contributed by atoms with Crippen molar-refractivity contribution in [1.29, 1.82) is 0 Å². The molecule has 0 bridgehead atoms. The number of non-ortho nitro benzene ring substituents is 1. The van der Waals surface area contributed by atoms with Gasteiger partial charge in [-0.3, -0.25) is 19.8 Å². The van der Waals surface area contributed by atoms with Gasteiger partial charge in [0.15, 0.2) is 15.8 Å². The first kappa shape index (κ1) is 17.9. The Bertz CT molecular complexity index is 944. The molecular weight excluding hydrogens is 376 g/mol. The van der Waals surface area contributed by atoms with Crippen LogP contribution < -0.4 is 9.64 Å². The number of phenols is 1. The average molecular weight is 388 g/mol. The zero-order chi connectivity index (χ0) is 18.8. The number of hydrogen-bond acceptors (Lipinski definition) is 7. The normalized spacial score (nSPS) is 15.6. The van der Waals surface area contributed by atoms with Crippen molar-refractivity contribution in [2.45, 2.75) is 0 Å². The first-order chi connectivity index (χ1) is 12.4. The van der Waals surface area contributed by atoms with Crippen molar-refractivity contribution in [3.63, 3.8) is 0 Å². The minimum absolute atomic E-state index is 0.0519. The number of thioether (sulfide) groups is 1. The molecule has 1 N–H and O–H groups in total. The fraction of sp³-hybridized carbons (Fsp3) is 0.0588. The third-order valence-electron chi connectivity index (χ3n) is 3.61. The summed E-state index contributed by atoms with van der Waals surface area (Å²) in [5.74, 6) is -0.705. The van der Waals surface area contributed by atoms with Gasteiger partial charge in [-0.05, 0) is 18.2 Å². The van der Waals surface area contributed by atoms with Gasteiger partial charge in [-0.15, -0.1) is 0 Å². The Morgan fingerprint density at radius 2 is 2.00 bits per heavy atom. The lowest BCUT2D eigenvalue weighted by molar-refractivity contribution is -0.385. The predicted octanol–water partition coefficient (Wildman–Crippen LogP) is 3.71. The Labute approximate surface area is 158 Å². The Balaban J connectivity index is 2.03. The lowest BCUT2D eigenvalue weighted by atomic mass is 10.1. The number of ether oxygens (including phenoxy) is 1. The number of anilines is 1. The maximum Gasteiger partial charge on any atom is 0.274 e.